The molecule has 1 aliphatic rings. The van der Waals surface area contributed by atoms with Gasteiger partial charge in [-0.15, -0.1) is 12.4 Å². The van der Waals surface area contributed by atoms with Crippen molar-refractivity contribution in [1.82, 2.24) is 10.6 Å². The van der Waals surface area contributed by atoms with Crippen molar-refractivity contribution in [1.29, 1.82) is 0 Å². The molecule has 1 fully saturated rings. The molecule has 0 radical (unpaired) electrons. The lowest BCUT2D eigenvalue weighted by Gasteiger charge is -2.19. The Balaban J connectivity index is 0.00000200. The number of carbonyl (C=O) groups excluding carboxylic acids is 1. The molecule has 1 saturated heterocycles. The summed E-state index contributed by atoms with van der Waals surface area (Å²) < 4.78 is 0. The van der Waals surface area contributed by atoms with Crippen LogP contribution in [0.4, 0.5) is 0 Å². The van der Waals surface area contributed by atoms with Crippen molar-refractivity contribution in [2.45, 2.75) is 32.2 Å². The third kappa shape index (κ3) is 4.97. The van der Waals surface area contributed by atoms with Crippen LogP contribution >= 0.6 is 24.0 Å². The van der Waals surface area contributed by atoms with Crippen molar-refractivity contribution >= 4 is 29.9 Å². The predicted octanol–water partition coefficient (Wildman–Crippen LogP) is 2.81. The quantitative estimate of drug-likeness (QED) is 0.877. The fourth-order valence-electron chi connectivity index (χ4n) is 2.40. The van der Waals surface area contributed by atoms with Gasteiger partial charge < -0.3 is 10.6 Å². The summed E-state index contributed by atoms with van der Waals surface area (Å²) in [4.78, 5) is 12.1. The third-order valence-electron chi connectivity index (χ3n) is 3.67. The highest BCUT2D eigenvalue weighted by atomic mass is 35.5. The molecule has 2 rings (SSSR count). The van der Waals surface area contributed by atoms with Gasteiger partial charge in [0.2, 0.25) is 5.91 Å². The highest BCUT2D eigenvalue weighted by Gasteiger charge is 2.23. The third-order valence-corrected chi connectivity index (χ3v) is 3.92. The second kappa shape index (κ2) is 8.50. The summed E-state index contributed by atoms with van der Waals surface area (Å²) >= 11 is 5.88. The first-order chi connectivity index (χ1) is 9.19. The zero-order chi connectivity index (χ0) is 13.7. The largest absolute Gasteiger partial charge is 0.353 e. The molecule has 5 heteroatoms. The fourth-order valence-corrected chi connectivity index (χ4v) is 2.53. The molecule has 1 aromatic rings. The topological polar surface area (TPSA) is 41.1 Å². The number of rotatable bonds is 5. The average molecular weight is 317 g/mol. The molecule has 20 heavy (non-hydrogen) atoms. The van der Waals surface area contributed by atoms with E-state index in [1.807, 2.05) is 24.3 Å². The van der Waals surface area contributed by atoms with Crippen LogP contribution in [0.2, 0.25) is 5.02 Å². The minimum Gasteiger partial charge on any atom is -0.353 e. The molecule has 1 heterocycles. The Morgan fingerprint density at radius 2 is 2.15 bits per heavy atom. The zero-order valence-corrected chi connectivity index (χ0v) is 13.3. The summed E-state index contributed by atoms with van der Waals surface area (Å²) in [5.41, 5.74) is 1.21. The molecule has 2 atom stereocenters. The number of amides is 1. The molecule has 2 unspecified atom stereocenters. The van der Waals surface area contributed by atoms with Gasteiger partial charge in [0, 0.05) is 17.6 Å². The van der Waals surface area contributed by atoms with Crippen LogP contribution in [0.5, 0.6) is 0 Å². The van der Waals surface area contributed by atoms with E-state index in [2.05, 4.69) is 17.6 Å². The molecule has 0 aliphatic carbocycles. The van der Waals surface area contributed by atoms with Gasteiger partial charge in [0.25, 0.3) is 0 Å². The van der Waals surface area contributed by atoms with Gasteiger partial charge in [0.15, 0.2) is 0 Å². The van der Waals surface area contributed by atoms with Crippen LogP contribution in [-0.4, -0.2) is 25.0 Å². The van der Waals surface area contributed by atoms with E-state index in [1.54, 1.807) is 0 Å². The average Bonchev–Trinajstić information content (AvgIpc) is 2.94. The van der Waals surface area contributed by atoms with Gasteiger partial charge in [-0.25, -0.2) is 0 Å². The number of hydrogen-bond donors (Lipinski definition) is 2. The van der Waals surface area contributed by atoms with Crippen molar-refractivity contribution in [3.8, 4) is 0 Å². The van der Waals surface area contributed by atoms with E-state index in [4.69, 9.17) is 11.6 Å². The summed E-state index contributed by atoms with van der Waals surface area (Å²) in [6.45, 7) is 3.86. The maximum atomic E-state index is 12.1. The molecule has 0 spiro atoms. The summed E-state index contributed by atoms with van der Waals surface area (Å²) in [6, 6.07) is 8.04. The van der Waals surface area contributed by atoms with E-state index in [0.29, 0.717) is 0 Å². The Labute approximate surface area is 131 Å². The maximum Gasteiger partial charge on any atom is 0.224 e. The molecule has 0 bridgehead atoms. The summed E-state index contributed by atoms with van der Waals surface area (Å²) in [5.74, 6) is 0.324. The Hall–Kier alpha value is -0.770. The van der Waals surface area contributed by atoms with Crippen molar-refractivity contribution < 1.29 is 4.79 Å². The SMILES string of the molecule is CCC(Cc1ccc(Cl)cc1)NC(=O)C1CCNC1.Cl. The summed E-state index contributed by atoms with van der Waals surface area (Å²) in [6.07, 6.45) is 2.75. The van der Waals surface area contributed by atoms with E-state index in [9.17, 15) is 4.79 Å². The molecule has 0 aromatic heterocycles. The van der Waals surface area contributed by atoms with Crippen molar-refractivity contribution in [2.75, 3.05) is 13.1 Å². The lowest BCUT2D eigenvalue weighted by atomic mass is 10.0. The first-order valence-electron chi connectivity index (χ1n) is 6.94. The Kier molecular flexibility index (Phi) is 7.35. The highest BCUT2D eigenvalue weighted by Crippen LogP contribution is 2.13. The molecule has 3 nitrogen and oxygen atoms in total. The monoisotopic (exact) mass is 316 g/mol. The molecular formula is C15H22Cl2N2O. The Morgan fingerprint density at radius 1 is 1.45 bits per heavy atom. The number of nitrogens with one attached hydrogen (secondary N) is 2. The lowest BCUT2D eigenvalue weighted by molar-refractivity contribution is -0.125. The first-order valence-corrected chi connectivity index (χ1v) is 7.32. The molecule has 0 saturated carbocycles. The van der Waals surface area contributed by atoms with Gasteiger partial charge in [-0.2, -0.15) is 0 Å². The Morgan fingerprint density at radius 3 is 2.70 bits per heavy atom. The molecule has 1 amide bonds. The number of hydrogen-bond acceptors (Lipinski definition) is 2. The Bertz CT molecular complexity index is 416. The van der Waals surface area contributed by atoms with Crippen LogP contribution in [0.15, 0.2) is 24.3 Å². The second-order valence-electron chi connectivity index (χ2n) is 5.13. The van der Waals surface area contributed by atoms with Crippen LogP contribution in [0.1, 0.15) is 25.3 Å². The van der Waals surface area contributed by atoms with Crippen molar-refractivity contribution in [2.24, 2.45) is 5.92 Å². The van der Waals surface area contributed by atoms with Gasteiger partial charge in [-0.05, 0) is 43.5 Å². The van der Waals surface area contributed by atoms with Crippen LogP contribution in [0.25, 0.3) is 0 Å². The minimum absolute atomic E-state index is 0. The van der Waals surface area contributed by atoms with Gasteiger partial charge >= 0.3 is 0 Å². The predicted molar refractivity (Wildman–Crippen MR) is 85.6 cm³/mol. The number of halogens is 2. The van der Waals surface area contributed by atoms with E-state index in [0.717, 1.165) is 37.4 Å². The smallest absolute Gasteiger partial charge is 0.224 e. The zero-order valence-electron chi connectivity index (χ0n) is 11.7. The van der Waals surface area contributed by atoms with Crippen LogP contribution < -0.4 is 10.6 Å². The molecule has 2 N–H and O–H groups in total. The number of carbonyl (C=O) groups is 1. The van der Waals surface area contributed by atoms with E-state index in [1.165, 1.54) is 5.56 Å². The summed E-state index contributed by atoms with van der Waals surface area (Å²) in [7, 11) is 0. The molecule has 112 valence electrons. The molecule has 1 aliphatic heterocycles. The van der Waals surface area contributed by atoms with Gasteiger partial charge in [0.05, 0.1) is 5.92 Å². The fraction of sp³-hybridized carbons (Fsp3) is 0.533. The van der Waals surface area contributed by atoms with Gasteiger partial charge in [-0.1, -0.05) is 30.7 Å². The molecule has 1 aromatic carbocycles. The second-order valence-corrected chi connectivity index (χ2v) is 5.57. The van der Waals surface area contributed by atoms with Gasteiger partial charge in [0.1, 0.15) is 0 Å². The van der Waals surface area contributed by atoms with Crippen LogP contribution in [0.3, 0.4) is 0 Å². The van der Waals surface area contributed by atoms with Crippen molar-refractivity contribution in [3.63, 3.8) is 0 Å². The summed E-state index contributed by atoms with van der Waals surface area (Å²) in [5, 5.41) is 7.13. The normalized spacial score (nSPS) is 19.2. The van der Waals surface area contributed by atoms with Crippen molar-refractivity contribution in [3.05, 3.63) is 34.9 Å². The lowest BCUT2D eigenvalue weighted by Crippen LogP contribution is -2.40. The number of benzene rings is 1. The van der Waals surface area contributed by atoms with Gasteiger partial charge in [-0.3, -0.25) is 4.79 Å². The van der Waals surface area contributed by atoms with Crippen LogP contribution in [-0.2, 0) is 11.2 Å². The van der Waals surface area contributed by atoms with E-state index < -0.39 is 0 Å². The minimum atomic E-state index is 0. The highest BCUT2D eigenvalue weighted by molar-refractivity contribution is 6.30. The van der Waals surface area contributed by atoms with E-state index in [-0.39, 0.29) is 30.3 Å². The maximum absolute atomic E-state index is 12.1. The molecular weight excluding hydrogens is 295 g/mol. The standard InChI is InChI=1S/C15H21ClN2O.ClH/c1-2-14(9-11-3-5-13(16)6-4-11)18-15(19)12-7-8-17-10-12;/h3-6,12,14,17H,2,7-10H2,1H3,(H,18,19);1H. The first kappa shape index (κ1) is 17.3. The van der Waals surface area contributed by atoms with E-state index >= 15 is 0 Å². The van der Waals surface area contributed by atoms with Crippen LogP contribution in [0, 0.1) is 5.92 Å².